The lowest BCUT2D eigenvalue weighted by atomic mass is 10.1. The number of aryl methyl sites for hydroxylation is 1. The molecule has 0 saturated carbocycles. The van der Waals surface area contributed by atoms with E-state index in [0.717, 1.165) is 37.7 Å². The van der Waals surface area contributed by atoms with Gasteiger partial charge in [-0.25, -0.2) is 8.42 Å². The maximum Gasteiger partial charge on any atom is 0.225 e. The fraction of sp³-hybridized carbons (Fsp3) is 0.429. The lowest BCUT2D eigenvalue weighted by Crippen LogP contribution is -2.14. The predicted molar refractivity (Wildman–Crippen MR) is 113 cm³/mol. The summed E-state index contributed by atoms with van der Waals surface area (Å²) >= 11 is 1.48. The fourth-order valence-electron chi connectivity index (χ4n) is 3.46. The van der Waals surface area contributed by atoms with Crippen molar-refractivity contribution < 1.29 is 17.9 Å². The quantitative estimate of drug-likeness (QED) is 0.665. The minimum atomic E-state index is -3.46. The van der Waals surface area contributed by atoms with Crippen LogP contribution in [0.15, 0.2) is 29.2 Å². The van der Waals surface area contributed by atoms with Gasteiger partial charge in [-0.1, -0.05) is 6.42 Å². The first-order chi connectivity index (χ1) is 13.9. The number of benzene rings is 1. The summed E-state index contributed by atoms with van der Waals surface area (Å²) in [6.45, 7) is 0. The molecule has 154 valence electrons. The van der Waals surface area contributed by atoms with E-state index >= 15 is 0 Å². The van der Waals surface area contributed by atoms with Gasteiger partial charge in [0.1, 0.15) is 16.8 Å². The average Bonchev–Trinajstić information content (AvgIpc) is 2.86. The summed E-state index contributed by atoms with van der Waals surface area (Å²) in [6.07, 6.45) is 5.46. The molecule has 1 aromatic carbocycles. The van der Waals surface area contributed by atoms with Gasteiger partial charge in [-0.15, -0.1) is 11.3 Å². The lowest BCUT2D eigenvalue weighted by Gasteiger charge is -2.07. The van der Waals surface area contributed by atoms with Crippen LogP contribution in [0.3, 0.4) is 0 Å². The molecule has 0 radical (unpaired) electrons. The van der Waals surface area contributed by atoms with Gasteiger partial charge in [0, 0.05) is 11.3 Å². The third kappa shape index (κ3) is 5.17. The second-order valence-corrected chi connectivity index (χ2v) is 10.2. The Hall–Kier alpha value is -2.37. The van der Waals surface area contributed by atoms with Crippen LogP contribution >= 0.6 is 11.3 Å². The average molecular weight is 433 g/mol. The number of nitrogens with one attached hydrogen (secondary N) is 1. The Kier molecular flexibility index (Phi) is 6.93. The van der Waals surface area contributed by atoms with E-state index in [9.17, 15) is 18.5 Å². The van der Waals surface area contributed by atoms with Crippen LogP contribution in [-0.2, 0) is 27.5 Å². The van der Waals surface area contributed by atoms with E-state index in [1.54, 1.807) is 12.1 Å². The molecule has 1 N–H and O–H groups in total. The molecule has 1 heterocycles. The third-order valence-corrected chi connectivity index (χ3v) is 8.05. The first-order valence-electron chi connectivity index (χ1n) is 9.66. The summed E-state index contributed by atoms with van der Waals surface area (Å²) in [5.41, 5.74) is 1.65. The maximum absolute atomic E-state index is 12.4. The van der Waals surface area contributed by atoms with Crippen molar-refractivity contribution in [3.63, 3.8) is 0 Å². The number of hydrogen-bond acceptors (Lipinski definition) is 6. The number of carbonyl (C=O) groups excluding carboxylic acids is 1. The van der Waals surface area contributed by atoms with E-state index in [1.807, 2.05) is 0 Å². The van der Waals surface area contributed by atoms with Crippen LogP contribution in [0, 0.1) is 11.3 Å². The van der Waals surface area contributed by atoms with Crippen LogP contribution in [0.4, 0.5) is 5.00 Å². The largest absolute Gasteiger partial charge is 0.497 e. The molecule has 1 amide bonds. The second-order valence-electron chi connectivity index (χ2n) is 7.03. The highest BCUT2D eigenvalue weighted by atomic mass is 32.2. The van der Waals surface area contributed by atoms with Crippen molar-refractivity contribution >= 4 is 32.1 Å². The number of sulfone groups is 1. The number of ether oxygens (including phenoxy) is 1. The fourth-order valence-corrected chi connectivity index (χ4v) is 6.03. The smallest absolute Gasteiger partial charge is 0.225 e. The molecule has 1 aliphatic carbocycles. The van der Waals surface area contributed by atoms with Crippen molar-refractivity contribution in [1.29, 1.82) is 5.26 Å². The normalized spacial score (nSPS) is 13.8. The molecule has 1 aromatic heterocycles. The molecule has 0 saturated heterocycles. The van der Waals surface area contributed by atoms with E-state index in [2.05, 4.69) is 11.4 Å². The zero-order valence-electron chi connectivity index (χ0n) is 16.4. The molecular formula is C21H24N2O4S2. The van der Waals surface area contributed by atoms with E-state index in [4.69, 9.17) is 4.74 Å². The van der Waals surface area contributed by atoms with Crippen LogP contribution < -0.4 is 10.1 Å². The number of fused-ring (bicyclic) bond motifs is 1. The minimum Gasteiger partial charge on any atom is -0.497 e. The zero-order chi connectivity index (χ0) is 20.9. The first-order valence-corrected chi connectivity index (χ1v) is 12.1. The number of methoxy groups -OCH3 is 1. The van der Waals surface area contributed by atoms with Gasteiger partial charge in [0.25, 0.3) is 0 Å². The molecule has 0 fully saturated rings. The number of hydrogen-bond donors (Lipinski definition) is 1. The van der Waals surface area contributed by atoms with Gasteiger partial charge in [0.2, 0.25) is 5.91 Å². The van der Waals surface area contributed by atoms with Crippen LogP contribution in [-0.4, -0.2) is 27.2 Å². The molecule has 8 heteroatoms. The number of rotatable bonds is 7. The summed E-state index contributed by atoms with van der Waals surface area (Å²) in [7, 11) is -1.94. The zero-order valence-corrected chi connectivity index (χ0v) is 18.0. The Morgan fingerprint density at radius 2 is 1.93 bits per heavy atom. The van der Waals surface area contributed by atoms with E-state index < -0.39 is 9.84 Å². The van der Waals surface area contributed by atoms with E-state index in [1.165, 1.54) is 35.5 Å². The molecule has 0 aliphatic heterocycles. The van der Waals surface area contributed by atoms with Gasteiger partial charge in [0.15, 0.2) is 9.84 Å². The number of thiophene rings is 1. The molecule has 6 nitrogen and oxygen atoms in total. The number of carbonyl (C=O) groups is 1. The Morgan fingerprint density at radius 1 is 1.21 bits per heavy atom. The van der Waals surface area contributed by atoms with Gasteiger partial charge >= 0.3 is 0 Å². The summed E-state index contributed by atoms with van der Waals surface area (Å²) in [6, 6.07) is 8.45. The van der Waals surface area contributed by atoms with E-state index in [0.29, 0.717) is 16.3 Å². The molecule has 1 aliphatic rings. The molecular weight excluding hydrogens is 408 g/mol. The van der Waals surface area contributed by atoms with Crippen molar-refractivity contribution in [1.82, 2.24) is 0 Å². The van der Waals surface area contributed by atoms with Crippen molar-refractivity contribution in [3.8, 4) is 11.8 Å². The topological polar surface area (TPSA) is 96.3 Å². The predicted octanol–water partition coefficient (Wildman–Crippen LogP) is 4.09. The van der Waals surface area contributed by atoms with E-state index in [-0.39, 0.29) is 29.4 Å². The van der Waals surface area contributed by atoms with Crippen molar-refractivity contribution in [2.75, 3.05) is 18.2 Å². The Bertz CT molecular complexity index is 1020. The monoisotopic (exact) mass is 432 g/mol. The molecule has 2 aromatic rings. The molecule has 0 unspecified atom stereocenters. The number of amides is 1. The minimum absolute atomic E-state index is 0.0861. The van der Waals surface area contributed by atoms with Gasteiger partial charge in [0.05, 0.1) is 23.3 Å². The van der Waals surface area contributed by atoms with Gasteiger partial charge < -0.3 is 10.1 Å². The highest BCUT2D eigenvalue weighted by Crippen LogP contribution is 2.37. The molecule has 3 rings (SSSR count). The standard InChI is InChI=1S/C21H24N2O4S2/c1-27-15-9-11-16(12-10-15)29(25,26)13-5-8-20(24)23-21-18(14-22)17-6-3-2-4-7-19(17)28-21/h9-12H,2-8,13H2,1H3,(H,23,24). The highest BCUT2D eigenvalue weighted by molar-refractivity contribution is 7.91. The third-order valence-electron chi connectivity index (χ3n) is 5.02. The van der Waals surface area contributed by atoms with Crippen LogP contribution in [0.5, 0.6) is 5.75 Å². The van der Waals surface area contributed by atoms with Gasteiger partial charge in [-0.3, -0.25) is 4.79 Å². The van der Waals surface area contributed by atoms with Gasteiger partial charge in [-0.05, 0) is 61.9 Å². The first kappa shape index (κ1) is 21.3. The lowest BCUT2D eigenvalue weighted by molar-refractivity contribution is -0.116. The Balaban J connectivity index is 1.58. The summed E-state index contributed by atoms with van der Waals surface area (Å²) in [5.74, 6) is 0.215. The molecule has 0 spiro atoms. The van der Waals surface area contributed by atoms with Crippen LogP contribution in [0.25, 0.3) is 0 Å². The SMILES string of the molecule is COc1ccc(S(=O)(=O)CCCC(=O)Nc2sc3c(c2C#N)CCCCC3)cc1. The van der Waals surface area contributed by atoms with Crippen molar-refractivity contribution in [2.45, 2.75) is 49.8 Å². The number of anilines is 1. The summed E-state index contributed by atoms with van der Waals surface area (Å²) in [5, 5.41) is 13.0. The Morgan fingerprint density at radius 3 is 2.62 bits per heavy atom. The van der Waals surface area contributed by atoms with Crippen molar-refractivity contribution in [3.05, 3.63) is 40.3 Å². The highest BCUT2D eigenvalue weighted by Gasteiger charge is 2.21. The second kappa shape index (κ2) is 9.42. The molecule has 0 atom stereocenters. The van der Waals surface area contributed by atoms with Crippen LogP contribution in [0.2, 0.25) is 0 Å². The van der Waals surface area contributed by atoms with Gasteiger partial charge in [-0.2, -0.15) is 5.26 Å². The van der Waals surface area contributed by atoms with Crippen LogP contribution in [0.1, 0.15) is 48.1 Å². The summed E-state index contributed by atoms with van der Waals surface area (Å²) < 4.78 is 29.9. The maximum atomic E-state index is 12.4. The number of nitriles is 1. The van der Waals surface area contributed by atoms with Crippen molar-refractivity contribution in [2.24, 2.45) is 0 Å². The number of nitrogens with zero attached hydrogens (tertiary/aromatic N) is 1. The molecule has 29 heavy (non-hydrogen) atoms. The Labute approximate surface area is 175 Å². The molecule has 0 bridgehead atoms. The summed E-state index contributed by atoms with van der Waals surface area (Å²) in [4.78, 5) is 13.7.